The van der Waals surface area contributed by atoms with Crippen LogP contribution in [-0.4, -0.2) is 87.5 Å². The van der Waals surface area contributed by atoms with Crippen molar-refractivity contribution in [2.45, 2.75) is 217 Å². The Morgan fingerprint density at radius 2 is 1.06 bits per heavy atom. The molecule has 1 amide bonds. The number of hydrogen-bond acceptors (Lipinski definition) is 8. The summed E-state index contributed by atoms with van der Waals surface area (Å²) in [5.74, 6) is -0.202. The van der Waals surface area contributed by atoms with Gasteiger partial charge in [0.15, 0.2) is 6.29 Å². The standard InChI is InChI=1S/C45H81NO8/c1-3-5-7-9-11-13-15-17-19-21-22-24-26-28-30-32-34-39(48)38(37-53-45-44(52)43(51)42(50)40(36-47)54-45)46-41(49)35-33-31-29-27-25-23-20-18-16-14-12-10-8-6-4-2/h17-20,24,26,32,34,38-40,42-45,47-48,50-52H,3-16,21-23,25,27-31,33,35-37H2,1-2H3,(H,46,49)/b19-17+,20-18-,26-24+,34-32+. The van der Waals surface area contributed by atoms with Crippen molar-refractivity contribution in [1.82, 2.24) is 5.32 Å². The maximum absolute atomic E-state index is 12.9. The molecule has 0 aromatic rings. The molecule has 0 bridgehead atoms. The number of rotatable bonds is 35. The van der Waals surface area contributed by atoms with Crippen LogP contribution < -0.4 is 5.32 Å². The smallest absolute Gasteiger partial charge is 0.220 e. The highest BCUT2D eigenvalue weighted by atomic mass is 16.7. The maximum atomic E-state index is 12.9. The summed E-state index contributed by atoms with van der Waals surface area (Å²) in [6.07, 6.45) is 37.2. The van der Waals surface area contributed by atoms with Crippen LogP contribution >= 0.6 is 0 Å². The molecule has 1 fully saturated rings. The van der Waals surface area contributed by atoms with Gasteiger partial charge in [-0.2, -0.15) is 0 Å². The van der Waals surface area contributed by atoms with Crippen LogP contribution in [0.3, 0.4) is 0 Å². The van der Waals surface area contributed by atoms with Crippen LogP contribution in [0.1, 0.15) is 174 Å². The Morgan fingerprint density at radius 3 is 1.56 bits per heavy atom. The lowest BCUT2D eigenvalue weighted by atomic mass is 9.99. The van der Waals surface area contributed by atoms with E-state index in [1.165, 1.54) is 83.5 Å². The third-order valence-electron chi connectivity index (χ3n) is 10.1. The van der Waals surface area contributed by atoms with Gasteiger partial charge in [-0.3, -0.25) is 4.79 Å². The Balaban J connectivity index is 2.45. The number of carbonyl (C=O) groups excluding carboxylic acids is 1. The average Bonchev–Trinajstić information content (AvgIpc) is 3.17. The molecule has 1 saturated heterocycles. The van der Waals surface area contributed by atoms with E-state index in [0.29, 0.717) is 6.42 Å². The molecule has 6 N–H and O–H groups in total. The van der Waals surface area contributed by atoms with Gasteiger partial charge in [-0.25, -0.2) is 0 Å². The van der Waals surface area contributed by atoms with Gasteiger partial charge >= 0.3 is 0 Å². The van der Waals surface area contributed by atoms with Crippen LogP contribution in [0.4, 0.5) is 0 Å². The number of carbonyl (C=O) groups is 1. The fraction of sp³-hybridized carbons (Fsp3) is 0.800. The second-order valence-corrected chi connectivity index (χ2v) is 15.1. The SMILES string of the molecule is CCCCCCCC/C=C\CCCCCCCC(=O)NC(COC1OC(CO)C(O)C(O)C1O)C(O)/C=C/CC/C=C/CC/C=C/CCCCCCCC. The number of nitrogens with one attached hydrogen (secondary N) is 1. The fourth-order valence-electron chi connectivity index (χ4n) is 6.53. The predicted octanol–water partition coefficient (Wildman–Crippen LogP) is 8.67. The minimum absolute atomic E-state index is 0.202. The van der Waals surface area contributed by atoms with E-state index in [1.807, 2.05) is 6.08 Å². The third kappa shape index (κ3) is 26.1. The number of unbranched alkanes of at least 4 members (excludes halogenated alkanes) is 19. The largest absolute Gasteiger partial charge is 0.394 e. The Labute approximate surface area is 329 Å². The Kier molecular flexibility index (Phi) is 33.0. The molecular weight excluding hydrogens is 682 g/mol. The predicted molar refractivity (Wildman–Crippen MR) is 221 cm³/mol. The molecule has 9 heteroatoms. The summed E-state index contributed by atoms with van der Waals surface area (Å²) in [5, 5.41) is 54.0. The van der Waals surface area contributed by atoms with Crippen molar-refractivity contribution in [3.63, 3.8) is 0 Å². The Morgan fingerprint density at radius 1 is 0.611 bits per heavy atom. The van der Waals surface area contributed by atoms with Gasteiger partial charge in [-0.05, 0) is 70.6 Å². The van der Waals surface area contributed by atoms with Gasteiger partial charge in [0.25, 0.3) is 0 Å². The number of ether oxygens (including phenoxy) is 2. The van der Waals surface area contributed by atoms with Crippen LogP contribution in [0, 0.1) is 0 Å². The molecule has 0 radical (unpaired) electrons. The number of aliphatic hydroxyl groups excluding tert-OH is 5. The summed E-state index contributed by atoms with van der Waals surface area (Å²) < 4.78 is 11.2. The molecule has 7 atom stereocenters. The quantitative estimate of drug-likeness (QED) is 0.0278. The molecule has 1 aliphatic rings. The summed E-state index contributed by atoms with van der Waals surface area (Å²) in [6.45, 7) is 3.71. The van der Waals surface area contributed by atoms with Crippen LogP contribution in [-0.2, 0) is 14.3 Å². The van der Waals surface area contributed by atoms with E-state index in [4.69, 9.17) is 9.47 Å². The van der Waals surface area contributed by atoms with Crippen molar-refractivity contribution >= 4 is 5.91 Å². The molecule has 0 aliphatic carbocycles. The minimum Gasteiger partial charge on any atom is -0.394 e. The molecular formula is C45H81NO8. The van der Waals surface area contributed by atoms with Crippen LogP contribution in [0.5, 0.6) is 0 Å². The van der Waals surface area contributed by atoms with Crippen molar-refractivity contribution in [3.8, 4) is 0 Å². The number of hydrogen-bond donors (Lipinski definition) is 6. The molecule has 1 rings (SSSR count). The van der Waals surface area contributed by atoms with E-state index in [2.05, 4.69) is 55.6 Å². The summed E-state index contributed by atoms with van der Waals surface area (Å²) in [4.78, 5) is 12.9. The molecule has 0 spiro atoms. The molecule has 1 heterocycles. The normalized spacial score (nSPS) is 21.9. The molecule has 0 aromatic carbocycles. The lowest BCUT2D eigenvalue weighted by Gasteiger charge is -2.40. The zero-order valence-electron chi connectivity index (χ0n) is 34.2. The second kappa shape index (κ2) is 35.6. The lowest BCUT2D eigenvalue weighted by Crippen LogP contribution is -2.60. The lowest BCUT2D eigenvalue weighted by molar-refractivity contribution is -0.302. The van der Waals surface area contributed by atoms with Crippen molar-refractivity contribution in [1.29, 1.82) is 0 Å². The number of aliphatic hydroxyl groups is 5. The van der Waals surface area contributed by atoms with E-state index >= 15 is 0 Å². The number of allylic oxidation sites excluding steroid dienone is 7. The monoisotopic (exact) mass is 764 g/mol. The summed E-state index contributed by atoms with van der Waals surface area (Å²) in [6, 6.07) is -0.831. The molecule has 314 valence electrons. The second-order valence-electron chi connectivity index (χ2n) is 15.1. The highest BCUT2D eigenvalue weighted by molar-refractivity contribution is 5.76. The molecule has 1 aliphatic heterocycles. The topological polar surface area (TPSA) is 149 Å². The van der Waals surface area contributed by atoms with Crippen molar-refractivity contribution < 1.29 is 39.8 Å². The van der Waals surface area contributed by atoms with Gasteiger partial charge < -0.3 is 40.3 Å². The van der Waals surface area contributed by atoms with E-state index in [0.717, 1.165) is 70.6 Å². The highest BCUT2D eigenvalue weighted by Gasteiger charge is 2.44. The fourth-order valence-corrected chi connectivity index (χ4v) is 6.53. The van der Waals surface area contributed by atoms with E-state index in [9.17, 15) is 30.3 Å². The minimum atomic E-state index is -1.57. The van der Waals surface area contributed by atoms with Crippen molar-refractivity contribution in [3.05, 3.63) is 48.6 Å². The first kappa shape index (κ1) is 50.2. The molecule has 9 nitrogen and oxygen atoms in total. The first-order valence-electron chi connectivity index (χ1n) is 21.9. The van der Waals surface area contributed by atoms with Gasteiger partial charge in [0.1, 0.15) is 24.4 Å². The van der Waals surface area contributed by atoms with Crippen molar-refractivity contribution in [2.75, 3.05) is 13.2 Å². The van der Waals surface area contributed by atoms with Crippen LogP contribution in [0.25, 0.3) is 0 Å². The van der Waals surface area contributed by atoms with Crippen LogP contribution in [0.15, 0.2) is 48.6 Å². The van der Waals surface area contributed by atoms with E-state index in [-0.39, 0.29) is 12.5 Å². The first-order valence-corrected chi connectivity index (χ1v) is 21.9. The van der Waals surface area contributed by atoms with Gasteiger partial charge in [-0.15, -0.1) is 0 Å². The molecule has 0 aromatic heterocycles. The maximum Gasteiger partial charge on any atom is 0.220 e. The summed E-state index contributed by atoms with van der Waals surface area (Å²) >= 11 is 0. The summed E-state index contributed by atoms with van der Waals surface area (Å²) in [7, 11) is 0. The molecule has 0 saturated carbocycles. The zero-order valence-corrected chi connectivity index (χ0v) is 34.2. The molecule has 54 heavy (non-hydrogen) atoms. The van der Waals surface area contributed by atoms with Gasteiger partial charge in [0.2, 0.25) is 5.91 Å². The zero-order chi connectivity index (χ0) is 39.5. The highest BCUT2D eigenvalue weighted by Crippen LogP contribution is 2.22. The van der Waals surface area contributed by atoms with E-state index < -0.39 is 49.5 Å². The molecule has 7 unspecified atom stereocenters. The number of amides is 1. The average molecular weight is 764 g/mol. The van der Waals surface area contributed by atoms with E-state index in [1.54, 1.807) is 6.08 Å². The first-order chi connectivity index (χ1) is 26.3. The third-order valence-corrected chi connectivity index (χ3v) is 10.1. The van der Waals surface area contributed by atoms with Crippen molar-refractivity contribution in [2.24, 2.45) is 0 Å². The van der Waals surface area contributed by atoms with Gasteiger partial charge in [-0.1, -0.05) is 146 Å². The van der Waals surface area contributed by atoms with Gasteiger partial charge in [0.05, 0.1) is 25.4 Å². The Hall–Kier alpha value is -1.85. The summed E-state index contributed by atoms with van der Waals surface area (Å²) in [5.41, 5.74) is 0. The van der Waals surface area contributed by atoms with Gasteiger partial charge in [0, 0.05) is 6.42 Å². The van der Waals surface area contributed by atoms with Crippen LogP contribution in [0.2, 0.25) is 0 Å². The Bertz CT molecular complexity index is 983.